The molecule has 0 aromatic carbocycles. The largest absolute Gasteiger partial charge is 0.461 e. The number of carbonyl (C=O) groups is 2. The molecule has 1 atom stereocenters. The van der Waals surface area contributed by atoms with E-state index in [9.17, 15) is 9.59 Å². The van der Waals surface area contributed by atoms with Crippen LogP contribution in [-0.4, -0.2) is 38.1 Å². The predicted molar refractivity (Wildman–Crippen MR) is 66.4 cm³/mol. The van der Waals surface area contributed by atoms with E-state index in [0.29, 0.717) is 17.7 Å². The highest BCUT2D eigenvalue weighted by atomic mass is 16.5. The molecule has 0 fully saturated rings. The van der Waals surface area contributed by atoms with Crippen LogP contribution in [0.3, 0.4) is 0 Å². The smallest absolute Gasteiger partial charge is 0.333 e. The van der Waals surface area contributed by atoms with E-state index in [-0.39, 0.29) is 18.6 Å². The summed E-state index contributed by atoms with van der Waals surface area (Å²) in [6.45, 7) is 10.8. The van der Waals surface area contributed by atoms with Crippen molar-refractivity contribution in [2.24, 2.45) is 0 Å². The SMILES string of the molecule is C=C(C)C(=O)NCC(COC(=O)C(=C)C)NC. The van der Waals surface area contributed by atoms with Gasteiger partial charge >= 0.3 is 5.97 Å². The summed E-state index contributed by atoms with van der Waals surface area (Å²) in [4.78, 5) is 22.4. The zero-order valence-electron chi connectivity index (χ0n) is 10.6. The number of hydrogen-bond acceptors (Lipinski definition) is 4. The second kappa shape index (κ2) is 7.62. The van der Waals surface area contributed by atoms with Gasteiger partial charge in [-0.25, -0.2) is 4.79 Å². The van der Waals surface area contributed by atoms with Gasteiger partial charge in [0.15, 0.2) is 0 Å². The molecule has 1 unspecified atom stereocenters. The highest BCUT2D eigenvalue weighted by Gasteiger charge is 2.11. The first kappa shape index (κ1) is 15.4. The number of carbonyl (C=O) groups excluding carboxylic acids is 2. The van der Waals surface area contributed by atoms with Gasteiger partial charge in [-0.1, -0.05) is 13.2 Å². The zero-order valence-corrected chi connectivity index (χ0v) is 10.6. The molecule has 0 rings (SSSR count). The van der Waals surface area contributed by atoms with Gasteiger partial charge < -0.3 is 15.4 Å². The molecule has 0 bridgehead atoms. The van der Waals surface area contributed by atoms with Crippen molar-refractivity contribution in [2.45, 2.75) is 19.9 Å². The first-order valence-corrected chi connectivity index (χ1v) is 5.32. The van der Waals surface area contributed by atoms with Gasteiger partial charge in [0.05, 0.1) is 6.04 Å². The van der Waals surface area contributed by atoms with Crippen molar-refractivity contribution in [1.29, 1.82) is 0 Å². The Morgan fingerprint density at radius 2 is 1.82 bits per heavy atom. The average Bonchev–Trinajstić information content (AvgIpc) is 2.28. The van der Waals surface area contributed by atoms with Crippen LogP contribution in [0.4, 0.5) is 0 Å². The van der Waals surface area contributed by atoms with E-state index < -0.39 is 5.97 Å². The highest BCUT2D eigenvalue weighted by Crippen LogP contribution is 1.94. The van der Waals surface area contributed by atoms with Crippen LogP contribution >= 0.6 is 0 Å². The molecule has 0 aromatic heterocycles. The molecule has 17 heavy (non-hydrogen) atoms. The fourth-order valence-corrected chi connectivity index (χ4v) is 0.911. The third-order valence-corrected chi connectivity index (χ3v) is 2.07. The van der Waals surface area contributed by atoms with Gasteiger partial charge in [-0.15, -0.1) is 0 Å². The molecule has 5 nitrogen and oxygen atoms in total. The van der Waals surface area contributed by atoms with Crippen LogP contribution in [-0.2, 0) is 14.3 Å². The number of hydrogen-bond donors (Lipinski definition) is 2. The Morgan fingerprint density at radius 3 is 2.24 bits per heavy atom. The van der Waals surface area contributed by atoms with E-state index in [1.165, 1.54) is 0 Å². The van der Waals surface area contributed by atoms with E-state index in [0.717, 1.165) is 0 Å². The molecule has 5 heteroatoms. The monoisotopic (exact) mass is 240 g/mol. The Morgan fingerprint density at radius 1 is 1.24 bits per heavy atom. The van der Waals surface area contributed by atoms with Crippen molar-refractivity contribution >= 4 is 11.9 Å². The van der Waals surface area contributed by atoms with Gasteiger partial charge in [0, 0.05) is 17.7 Å². The lowest BCUT2D eigenvalue weighted by Gasteiger charge is -2.17. The van der Waals surface area contributed by atoms with Crippen LogP contribution in [0.15, 0.2) is 24.3 Å². The number of likely N-dealkylation sites (N-methyl/N-ethyl adjacent to an activating group) is 1. The molecule has 96 valence electrons. The summed E-state index contributed by atoms with van der Waals surface area (Å²) < 4.78 is 4.97. The van der Waals surface area contributed by atoms with Crippen molar-refractivity contribution in [2.75, 3.05) is 20.2 Å². The zero-order chi connectivity index (χ0) is 13.4. The summed E-state index contributed by atoms with van der Waals surface area (Å²) in [6, 6.07) is -0.137. The minimum Gasteiger partial charge on any atom is -0.461 e. The fraction of sp³-hybridized carbons (Fsp3) is 0.500. The molecular weight excluding hydrogens is 220 g/mol. The van der Waals surface area contributed by atoms with Crippen LogP contribution in [0.25, 0.3) is 0 Å². The number of ether oxygens (including phenoxy) is 1. The van der Waals surface area contributed by atoms with Crippen molar-refractivity contribution in [3.8, 4) is 0 Å². The second-order valence-electron chi connectivity index (χ2n) is 3.85. The maximum Gasteiger partial charge on any atom is 0.333 e. The van der Waals surface area contributed by atoms with E-state index in [2.05, 4.69) is 23.8 Å². The third-order valence-electron chi connectivity index (χ3n) is 2.07. The lowest BCUT2D eigenvalue weighted by molar-refractivity contribution is -0.139. The van der Waals surface area contributed by atoms with Gasteiger partial charge in [0.25, 0.3) is 0 Å². The molecule has 0 saturated heterocycles. The van der Waals surface area contributed by atoms with E-state index >= 15 is 0 Å². The Kier molecular flexibility index (Phi) is 6.89. The van der Waals surface area contributed by atoms with Crippen molar-refractivity contribution in [3.63, 3.8) is 0 Å². The lowest BCUT2D eigenvalue weighted by atomic mass is 10.2. The van der Waals surface area contributed by atoms with Crippen molar-refractivity contribution < 1.29 is 14.3 Å². The van der Waals surface area contributed by atoms with Crippen LogP contribution in [0, 0.1) is 0 Å². The second-order valence-corrected chi connectivity index (χ2v) is 3.85. The summed E-state index contributed by atoms with van der Waals surface area (Å²) >= 11 is 0. The first-order valence-electron chi connectivity index (χ1n) is 5.32. The summed E-state index contributed by atoms with van der Waals surface area (Å²) in [5.41, 5.74) is 0.796. The molecule has 0 aliphatic heterocycles. The molecule has 0 aromatic rings. The van der Waals surface area contributed by atoms with Gasteiger partial charge in [-0.05, 0) is 20.9 Å². The number of rotatable bonds is 7. The summed E-state index contributed by atoms with van der Waals surface area (Å²) in [7, 11) is 1.73. The summed E-state index contributed by atoms with van der Waals surface area (Å²) in [5.74, 6) is -0.645. The molecule has 0 spiro atoms. The Balaban J connectivity index is 4.00. The Hall–Kier alpha value is -1.62. The topological polar surface area (TPSA) is 67.4 Å². The van der Waals surface area contributed by atoms with Gasteiger partial charge in [0.1, 0.15) is 6.61 Å². The Bertz CT molecular complexity index is 294. The summed E-state index contributed by atoms with van der Waals surface area (Å²) in [5, 5.41) is 5.61. The van der Waals surface area contributed by atoms with Gasteiger partial charge in [-0.3, -0.25) is 4.79 Å². The predicted octanol–water partition coefficient (Wildman–Crippen LogP) is 0.386. The molecule has 0 aliphatic rings. The normalized spacial score (nSPS) is 11.5. The highest BCUT2D eigenvalue weighted by molar-refractivity contribution is 5.92. The van der Waals surface area contributed by atoms with Crippen molar-refractivity contribution in [1.82, 2.24) is 10.6 Å². The van der Waals surface area contributed by atoms with Crippen LogP contribution in [0.2, 0.25) is 0 Å². The average molecular weight is 240 g/mol. The molecular formula is C12H20N2O3. The molecule has 0 saturated carbocycles. The number of nitrogens with one attached hydrogen (secondary N) is 2. The molecule has 0 heterocycles. The molecule has 1 amide bonds. The van der Waals surface area contributed by atoms with Crippen LogP contribution in [0.5, 0.6) is 0 Å². The van der Waals surface area contributed by atoms with Crippen molar-refractivity contribution in [3.05, 3.63) is 24.3 Å². The van der Waals surface area contributed by atoms with Gasteiger partial charge in [0.2, 0.25) is 5.91 Å². The van der Waals surface area contributed by atoms with Gasteiger partial charge in [-0.2, -0.15) is 0 Å². The third kappa shape index (κ3) is 6.52. The minimum atomic E-state index is -0.434. The number of amides is 1. The number of esters is 1. The maximum atomic E-state index is 11.2. The quantitative estimate of drug-likeness (QED) is 0.499. The lowest BCUT2D eigenvalue weighted by Crippen LogP contribution is -2.42. The molecule has 0 aliphatic carbocycles. The van der Waals surface area contributed by atoms with E-state index in [4.69, 9.17) is 4.74 Å². The Labute approximate surface area is 102 Å². The first-order chi connectivity index (χ1) is 7.88. The summed E-state index contributed by atoms with van der Waals surface area (Å²) in [6.07, 6.45) is 0. The standard InChI is InChI=1S/C12H20N2O3/c1-8(2)11(15)14-6-10(13-5)7-17-12(16)9(3)4/h10,13H,1,3,6-7H2,2,4-5H3,(H,14,15). The van der Waals surface area contributed by atoms with E-state index in [1.807, 2.05) is 0 Å². The van der Waals surface area contributed by atoms with Crippen LogP contribution < -0.4 is 10.6 Å². The molecule has 2 N–H and O–H groups in total. The van der Waals surface area contributed by atoms with E-state index in [1.54, 1.807) is 20.9 Å². The maximum absolute atomic E-state index is 11.2. The fourth-order valence-electron chi connectivity index (χ4n) is 0.911. The van der Waals surface area contributed by atoms with Crippen LogP contribution in [0.1, 0.15) is 13.8 Å². The molecule has 0 radical (unpaired) electrons. The minimum absolute atomic E-state index is 0.137.